The molecule has 1 fully saturated rings. The van der Waals surface area contributed by atoms with Crippen molar-refractivity contribution in [2.45, 2.75) is 19.4 Å². The Balaban J connectivity index is 2.37. The van der Waals surface area contributed by atoms with E-state index < -0.39 is 6.04 Å². The highest BCUT2D eigenvalue weighted by Gasteiger charge is 2.26. The summed E-state index contributed by atoms with van der Waals surface area (Å²) in [7, 11) is 0. The number of hydrogen-bond donors (Lipinski definition) is 3. The molecule has 0 aromatic heterocycles. The molecular weight excluding hydrogens is 146 g/mol. The zero-order valence-electron chi connectivity index (χ0n) is 6.31. The molecule has 1 rings (SSSR count). The molecule has 11 heavy (non-hydrogen) atoms. The van der Waals surface area contributed by atoms with Crippen LogP contribution in [0.25, 0.3) is 0 Å². The lowest BCUT2D eigenvalue weighted by Gasteiger charge is -2.06. The fourth-order valence-electron chi connectivity index (χ4n) is 0.911. The first-order valence-corrected chi connectivity index (χ1v) is 3.56. The first-order chi connectivity index (χ1) is 5.24. The number of nitrogens with one attached hydrogen (secondary N) is 3. The maximum atomic E-state index is 11.0. The summed E-state index contributed by atoms with van der Waals surface area (Å²) in [6.45, 7) is 2.42. The second-order valence-corrected chi connectivity index (χ2v) is 2.34. The molecule has 1 unspecified atom stereocenters. The monoisotopic (exact) mass is 157 g/mol. The Morgan fingerprint density at radius 1 is 1.82 bits per heavy atom. The van der Waals surface area contributed by atoms with E-state index in [9.17, 15) is 9.59 Å². The summed E-state index contributed by atoms with van der Waals surface area (Å²) >= 11 is 0. The minimum Gasteiger partial charge on any atom is -0.355 e. The van der Waals surface area contributed by atoms with Crippen LogP contribution in [-0.4, -0.2) is 24.4 Å². The van der Waals surface area contributed by atoms with Gasteiger partial charge in [0, 0.05) is 6.54 Å². The summed E-state index contributed by atoms with van der Waals surface area (Å²) < 4.78 is 0. The smallest absolute Gasteiger partial charge is 0.239 e. The van der Waals surface area contributed by atoms with Crippen molar-refractivity contribution in [2.75, 3.05) is 6.54 Å². The number of hydrogen-bond acceptors (Lipinski definition) is 3. The molecule has 0 spiro atoms. The van der Waals surface area contributed by atoms with Crippen LogP contribution in [-0.2, 0) is 9.59 Å². The van der Waals surface area contributed by atoms with E-state index >= 15 is 0 Å². The predicted octanol–water partition coefficient (Wildman–Crippen LogP) is -1.48. The summed E-state index contributed by atoms with van der Waals surface area (Å²) in [6, 6.07) is -0.401. The van der Waals surface area contributed by atoms with E-state index in [2.05, 4.69) is 16.2 Å². The Morgan fingerprint density at radius 2 is 2.55 bits per heavy atom. The third-order valence-electron chi connectivity index (χ3n) is 1.44. The van der Waals surface area contributed by atoms with Crippen LogP contribution in [0, 0.1) is 0 Å². The fraction of sp³-hybridized carbons (Fsp3) is 0.667. The van der Waals surface area contributed by atoms with Crippen molar-refractivity contribution >= 4 is 11.8 Å². The SMILES string of the molecule is CCNC(=O)C1CC(=O)NN1. The Kier molecular flexibility index (Phi) is 2.43. The van der Waals surface area contributed by atoms with Gasteiger partial charge in [-0.1, -0.05) is 0 Å². The van der Waals surface area contributed by atoms with Crippen LogP contribution in [0.1, 0.15) is 13.3 Å². The molecule has 0 aliphatic carbocycles. The van der Waals surface area contributed by atoms with Gasteiger partial charge in [0.1, 0.15) is 6.04 Å². The molecule has 0 aromatic rings. The van der Waals surface area contributed by atoms with Crippen molar-refractivity contribution in [1.82, 2.24) is 16.2 Å². The number of hydrazine groups is 1. The largest absolute Gasteiger partial charge is 0.355 e. The van der Waals surface area contributed by atoms with Crippen molar-refractivity contribution in [2.24, 2.45) is 0 Å². The molecule has 1 atom stereocenters. The van der Waals surface area contributed by atoms with Crippen LogP contribution < -0.4 is 16.2 Å². The van der Waals surface area contributed by atoms with Gasteiger partial charge in [0.05, 0.1) is 6.42 Å². The van der Waals surface area contributed by atoms with E-state index in [-0.39, 0.29) is 18.2 Å². The molecule has 1 heterocycles. The third kappa shape index (κ3) is 1.91. The second kappa shape index (κ2) is 3.34. The van der Waals surface area contributed by atoms with Crippen LogP contribution >= 0.6 is 0 Å². The van der Waals surface area contributed by atoms with Crippen LogP contribution in [0.4, 0.5) is 0 Å². The Hall–Kier alpha value is -1.10. The molecule has 5 nitrogen and oxygen atoms in total. The summed E-state index contributed by atoms with van der Waals surface area (Å²) in [4.78, 5) is 21.6. The average molecular weight is 157 g/mol. The van der Waals surface area contributed by atoms with Gasteiger partial charge in [-0.3, -0.25) is 15.0 Å². The van der Waals surface area contributed by atoms with Crippen molar-refractivity contribution in [1.29, 1.82) is 0 Å². The van der Waals surface area contributed by atoms with Gasteiger partial charge in [0.25, 0.3) is 0 Å². The average Bonchev–Trinajstić information content (AvgIpc) is 2.36. The fourth-order valence-corrected chi connectivity index (χ4v) is 0.911. The Labute approximate surface area is 64.5 Å². The van der Waals surface area contributed by atoms with E-state index in [1.807, 2.05) is 6.92 Å². The number of rotatable bonds is 2. The van der Waals surface area contributed by atoms with Gasteiger partial charge in [-0.25, -0.2) is 5.43 Å². The molecule has 62 valence electrons. The van der Waals surface area contributed by atoms with Crippen LogP contribution in [0.5, 0.6) is 0 Å². The molecule has 2 amide bonds. The molecule has 0 saturated carbocycles. The molecule has 1 aliphatic heterocycles. The zero-order chi connectivity index (χ0) is 8.27. The van der Waals surface area contributed by atoms with Crippen molar-refractivity contribution < 1.29 is 9.59 Å². The predicted molar refractivity (Wildman–Crippen MR) is 38.4 cm³/mol. The highest BCUT2D eigenvalue weighted by molar-refractivity contribution is 5.90. The lowest BCUT2D eigenvalue weighted by molar-refractivity contribution is -0.124. The van der Waals surface area contributed by atoms with E-state index in [4.69, 9.17) is 0 Å². The lowest BCUT2D eigenvalue weighted by atomic mass is 10.2. The van der Waals surface area contributed by atoms with Crippen LogP contribution in [0.3, 0.4) is 0 Å². The summed E-state index contributed by atoms with van der Waals surface area (Å²) in [6.07, 6.45) is 0.228. The molecule has 1 aliphatic rings. The molecule has 3 N–H and O–H groups in total. The van der Waals surface area contributed by atoms with Gasteiger partial charge in [-0.15, -0.1) is 0 Å². The molecule has 1 saturated heterocycles. The number of likely N-dealkylation sites (N-methyl/N-ethyl adjacent to an activating group) is 1. The van der Waals surface area contributed by atoms with Gasteiger partial charge < -0.3 is 5.32 Å². The molecule has 5 heteroatoms. The summed E-state index contributed by atoms with van der Waals surface area (Å²) in [5, 5.41) is 2.61. The van der Waals surface area contributed by atoms with Gasteiger partial charge in [-0.05, 0) is 6.92 Å². The van der Waals surface area contributed by atoms with E-state index in [0.717, 1.165) is 0 Å². The van der Waals surface area contributed by atoms with Crippen molar-refractivity contribution in [3.05, 3.63) is 0 Å². The normalized spacial score (nSPS) is 23.0. The number of carbonyl (C=O) groups excluding carboxylic acids is 2. The van der Waals surface area contributed by atoms with E-state index in [1.54, 1.807) is 0 Å². The summed E-state index contributed by atoms with van der Waals surface area (Å²) in [5.41, 5.74) is 4.94. The second-order valence-electron chi connectivity index (χ2n) is 2.34. The van der Waals surface area contributed by atoms with E-state index in [1.165, 1.54) is 0 Å². The summed E-state index contributed by atoms with van der Waals surface area (Å²) in [5.74, 6) is -0.271. The van der Waals surface area contributed by atoms with Crippen LogP contribution in [0.2, 0.25) is 0 Å². The lowest BCUT2D eigenvalue weighted by Crippen LogP contribution is -2.43. The van der Waals surface area contributed by atoms with Gasteiger partial charge in [0.15, 0.2) is 0 Å². The first kappa shape index (κ1) is 8.00. The highest BCUT2D eigenvalue weighted by atomic mass is 16.2. The first-order valence-electron chi connectivity index (χ1n) is 3.56. The number of amides is 2. The molecular formula is C6H11N3O2. The Morgan fingerprint density at radius 3 is 3.00 bits per heavy atom. The van der Waals surface area contributed by atoms with Crippen molar-refractivity contribution in [3.8, 4) is 0 Å². The quantitative estimate of drug-likeness (QED) is 0.457. The number of carbonyl (C=O) groups is 2. The van der Waals surface area contributed by atoms with Gasteiger partial charge >= 0.3 is 0 Å². The van der Waals surface area contributed by atoms with Crippen molar-refractivity contribution in [3.63, 3.8) is 0 Å². The standard InChI is InChI=1S/C6H11N3O2/c1-2-7-6(11)4-3-5(10)9-8-4/h4,8H,2-3H2,1H3,(H,7,11)(H,9,10). The highest BCUT2D eigenvalue weighted by Crippen LogP contribution is 1.96. The molecule has 0 radical (unpaired) electrons. The Bertz CT molecular complexity index is 181. The molecule has 0 aromatic carbocycles. The minimum absolute atomic E-state index is 0.133. The van der Waals surface area contributed by atoms with Gasteiger partial charge in [-0.2, -0.15) is 0 Å². The topological polar surface area (TPSA) is 70.2 Å². The third-order valence-corrected chi connectivity index (χ3v) is 1.44. The van der Waals surface area contributed by atoms with Gasteiger partial charge in [0.2, 0.25) is 11.8 Å². The maximum Gasteiger partial charge on any atom is 0.239 e. The maximum absolute atomic E-state index is 11.0. The molecule has 0 bridgehead atoms. The minimum atomic E-state index is -0.401. The zero-order valence-corrected chi connectivity index (χ0v) is 6.31. The van der Waals surface area contributed by atoms with E-state index in [0.29, 0.717) is 6.54 Å². The van der Waals surface area contributed by atoms with Crippen LogP contribution in [0.15, 0.2) is 0 Å².